The summed E-state index contributed by atoms with van der Waals surface area (Å²) < 4.78 is 0. The number of aldehydes is 1. The lowest BCUT2D eigenvalue weighted by molar-refractivity contribution is -0.104. The first-order chi connectivity index (χ1) is 9.38. The van der Waals surface area contributed by atoms with Crippen molar-refractivity contribution in [2.75, 3.05) is 0 Å². The van der Waals surface area contributed by atoms with Gasteiger partial charge >= 0.3 is 0 Å². The Morgan fingerprint density at radius 2 is 1.63 bits per heavy atom. The molecule has 0 N–H and O–H groups in total. The Bertz CT molecular complexity index is 669. The number of fused-ring (bicyclic) bond motifs is 1. The molecule has 0 bridgehead atoms. The van der Waals surface area contributed by atoms with Crippen LogP contribution in [-0.2, 0) is 4.79 Å². The zero-order chi connectivity index (χ0) is 13.1. The van der Waals surface area contributed by atoms with Gasteiger partial charge in [-0.05, 0) is 34.9 Å². The maximum absolute atomic E-state index is 10.8. The summed E-state index contributed by atoms with van der Waals surface area (Å²) in [4.78, 5) is 13.2. The van der Waals surface area contributed by atoms with Gasteiger partial charge in [-0.15, -0.1) is 0 Å². The lowest BCUT2D eigenvalue weighted by Crippen LogP contribution is -1.94. The molecule has 0 aromatic heterocycles. The van der Waals surface area contributed by atoms with Crippen LogP contribution in [0.4, 0.5) is 0 Å². The van der Waals surface area contributed by atoms with Crippen molar-refractivity contribution in [1.82, 2.24) is 0 Å². The third-order valence-electron chi connectivity index (χ3n) is 3.01. The number of hydrogen-bond donors (Lipinski definition) is 0. The molecule has 92 valence electrons. The van der Waals surface area contributed by atoms with Crippen LogP contribution < -0.4 is 0 Å². The maximum atomic E-state index is 10.8. The summed E-state index contributed by atoms with van der Waals surface area (Å²) in [6.45, 7) is 0. The molecule has 0 aliphatic carbocycles. The van der Waals surface area contributed by atoms with Gasteiger partial charge in [0.15, 0.2) is 0 Å². The molecule has 1 heterocycles. The predicted molar refractivity (Wildman–Crippen MR) is 80.8 cm³/mol. The van der Waals surface area contributed by atoms with Crippen LogP contribution >= 0.6 is 11.8 Å². The normalized spacial score (nSPS) is 15.8. The van der Waals surface area contributed by atoms with E-state index in [1.807, 2.05) is 30.3 Å². The van der Waals surface area contributed by atoms with Crippen LogP contribution in [0, 0.1) is 0 Å². The van der Waals surface area contributed by atoms with E-state index >= 15 is 0 Å². The third-order valence-corrected chi connectivity index (χ3v) is 4.16. The van der Waals surface area contributed by atoms with Gasteiger partial charge in [0.25, 0.3) is 0 Å². The summed E-state index contributed by atoms with van der Waals surface area (Å²) in [5, 5.41) is 0. The Labute approximate surface area is 116 Å². The number of carbonyl (C=O) groups is 1. The van der Waals surface area contributed by atoms with Crippen LogP contribution in [-0.4, -0.2) is 6.29 Å². The Hall–Kier alpha value is -2.06. The van der Waals surface area contributed by atoms with E-state index in [0.29, 0.717) is 0 Å². The third kappa shape index (κ3) is 2.40. The second kappa shape index (κ2) is 5.29. The highest BCUT2D eigenvalue weighted by Crippen LogP contribution is 2.44. The van der Waals surface area contributed by atoms with Gasteiger partial charge in [-0.1, -0.05) is 60.3 Å². The smallest absolute Gasteiger partial charge is 0.143 e. The maximum Gasteiger partial charge on any atom is 0.143 e. The minimum atomic E-state index is 0.848. The molecule has 1 aliphatic heterocycles. The van der Waals surface area contributed by atoms with E-state index < -0.39 is 0 Å². The van der Waals surface area contributed by atoms with Crippen LogP contribution in [0.5, 0.6) is 0 Å². The second-order valence-corrected chi connectivity index (χ2v) is 5.31. The molecule has 2 heteroatoms. The first-order valence-electron chi connectivity index (χ1n) is 6.08. The van der Waals surface area contributed by atoms with E-state index in [9.17, 15) is 4.79 Å². The molecular weight excluding hydrogens is 252 g/mol. The highest BCUT2D eigenvalue weighted by molar-refractivity contribution is 8.08. The monoisotopic (exact) mass is 264 g/mol. The summed E-state index contributed by atoms with van der Waals surface area (Å²) in [5.74, 6) is 0. The van der Waals surface area contributed by atoms with Gasteiger partial charge in [0.1, 0.15) is 6.29 Å². The van der Waals surface area contributed by atoms with Crippen molar-refractivity contribution in [2.24, 2.45) is 0 Å². The van der Waals surface area contributed by atoms with Gasteiger partial charge in [-0.3, -0.25) is 4.79 Å². The molecule has 0 atom stereocenters. The first kappa shape index (κ1) is 12.0. The highest BCUT2D eigenvalue weighted by Gasteiger charge is 2.16. The fourth-order valence-corrected chi connectivity index (χ4v) is 3.24. The number of carbonyl (C=O) groups excluding carboxylic acids is 1. The molecule has 0 amide bonds. The van der Waals surface area contributed by atoms with Crippen molar-refractivity contribution < 1.29 is 4.79 Å². The molecule has 1 nitrogen and oxygen atoms in total. The largest absolute Gasteiger partial charge is 0.299 e. The molecule has 19 heavy (non-hydrogen) atoms. The highest BCUT2D eigenvalue weighted by atomic mass is 32.2. The molecule has 3 rings (SSSR count). The Balaban J connectivity index is 2.11. The van der Waals surface area contributed by atoms with E-state index in [4.69, 9.17) is 0 Å². The number of hydrogen-bond acceptors (Lipinski definition) is 2. The summed E-state index contributed by atoms with van der Waals surface area (Å²) >= 11 is 1.74. The van der Waals surface area contributed by atoms with E-state index in [-0.39, 0.29) is 0 Å². The van der Waals surface area contributed by atoms with Gasteiger partial charge < -0.3 is 0 Å². The van der Waals surface area contributed by atoms with Crippen LogP contribution in [0.1, 0.15) is 11.1 Å². The lowest BCUT2D eigenvalue weighted by atomic mass is 10.0. The minimum Gasteiger partial charge on any atom is -0.299 e. The quantitative estimate of drug-likeness (QED) is 0.590. The predicted octanol–water partition coefficient (Wildman–Crippen LogP) is 4.42. The summed E-state index contributed by atoms with van der Waals surface area (Å²) in [6, 6.07) is 18.4. The van der Waals surface area contributed by atoms with Crippen LogP contribution in [0.2, 0.25) is 0 Å². The zero-order valence-electron chi connectivity index (χ0n) is 10.2. The van der Waals surface area contributed by atoms with E-state index in [0.717, 1.165) is 17.4 Å². The fourth-order valence-electron chi connectivity index (χ4n) is 2.12. The Morgan fingerprint density at radius 3 is 2.42 bits per heavy atom. The van der Waals surface area contributed by atoms with Crippen LogP contribution in [0.15, 0.2) is 71.6 Å². The molecule has 0 saturated heterocycles. The van der Waals surface area contributed by atoms with Gasteiger partial charge in [-0.2, -0.15) is 0 Å². The fraction of sp³-hybridized carbons (Fsp3) is 0. The molecule has 0 spiro atoms. The van der Waals surface area contributed by atoms with Gasteiger partial charge in [0.05, 0.1) is 0 Å². The number of benzene rings is 2. The molecule has 2 aromatic rings. The van der Waals surface area contributed by atoms with Crippen molar-refractivity contribution in [3.63, 3.8) is 0 Å². The summed E-state index contributed by atoms with van der Waals surface area (Å²) in [5.41, 5.74) is 3.28. The standard InChI is InChI=1S/C17H12OS/c18-11-10-14-12-17(13-6-2-1-3-7-13)19-16-9-5-4-8-15(14)16/h1-12H/b14-10+. The van der Waals surface area contributed by atoms with Crippen LogP contribution in [0.3, 0.4) is 0 Å². The second-order valence-electron chi connectivity index (χ2n) is 4.23. The van der Waals surface area contributed by atoms with Crippen molar-refractivity contribution >= 4 is 28.5 Å². The number of rotatable bonds is 2. The van der Waals surface area contributed by atoms with Gasteiger partial charge in [0.2, 0.25) is 0 Å². The molecule has 0 fully saturated rings. The zero-order valence-corrected chi connectivity index (χ0v) is 11.1. The molecule has 2 aromatic carbocycles. The molecular formula is C17H12OS. The molecule has 1 aliphatic rings. The summed E-state index contributed by atoms with van der Waals surface area (Å²) in [6.07, 6.45) is 4.56. The van der Waals surface area contributed by atoms with E-state index in [2.05, 4.69) is 30.3 Å². The molecule has 0 saturated carbocycles. The Morgan fingerprint density at radius 1 is 0.895 bits per heavy atom. The molecule has 0 unspecified atom stereocenters. The number of allylic oxidation sites excluding steroid dienone is 3. The first-order valence-corrected chi connectivity index (χ1v) is 6.90. The van der Waals surface area contributed by atoms with Gasteiger partial charge in [0, 0.05) is 9.80 Å². The SMILES string of the molecule is O=C/C=C1\C=C(c2ccccc2)Sc2ccccc21. The average Bonchev–Trinajstić information content (AvgIpc) is 2.48. The Kier molecular flexibility index (Phi) is 3.34. The van der Waals surface area contributed by atoms with Crippen LogP contribution in [0.25, 0.3) is 10.5 Å². The van der Waals surface area contributed by atoms with Crippen molar-refractivity contribution in [2.45, 2.75) is 4.90 Å². The topological polar surface area (TPSA) is 17.1 Å². The minimum absolute atomic E-state index is 0.848. The van der Waals surface area contributed by atoms with Gasteiger partial charge in [-0.25, -0.2) is 0 Å². The van der Waals surface area contributed by atoms with E-state index in [1.54, 1.807) is 17.8 Å². The summed E-state index contributed by atoms with van der Waals surface area (Å²) in [7, 11) is 0. The number of thioether (sulfide) groups is 1. The van der Waals surface area contributed by atoms with Crippen molar-refractivity contribution in [3.8, 4) is 0 Å². The van der Waals surface area contributed by atoms with E-state index in [1.165, 1.54) is 15.4 Å². The average molecular weight is 264 g/mol. The molecule has 0 radical (unpaired) electrons. The van der Waals surface area contributed by atoms with Crippen molar-refractivity contribution in [3.05, 3.63) is 77.9 Å². The van der Waals surface area contributed by atoms with Crippen molar-refractivity contribution in [1.29, 1.82) is 0 Å². The lowest BCUT2D eigenvalue weighted by Gasteiger charge is -2.18.